The highest BCUT2D eigenvalue weighted by Crippen LogP contribution is 2.21. The molecule has 0 unspecified atom stereocenters. The van der Waals surface area contributed by atoms with E-state index in [-0.39, 0.29) is 6.04 Å². The number of thiocarbonyl (C=S) groups is 1. The largest absolute Gasteiger partial charge is 0.354 e. The second kappa shape index (κ2) is 9.15. The van der Waals surface area contributed by atoms with Crippen molar-refractivity contribution in [2.75, 3.05) is 38.5 Å². The van der Waals surface area contributed by atoms with Gasteiger partial charge in [-0.05, 0) is 61.6 Å². The first-order valence-corrected chi connectivity index (χ1v) is 11.1. The number of quaternary nitrogens is 2. The number of benzene rings is 1. The van der Waals surface area contributed by atoms with Crippen molar-refractivity contribution in [1.29, 1.82) is 0 Å². The van der Waals surface area contributed by atoms with Gasteiger partial charge in [-0.3, -0.25) is 0 Å². The zero-order valence-corrected chi connectivity index (χ0v) is 18.4. The van der Waals surface area contributed by atoms with Gasteiger partial charge >= 0.3 is 0 Å². The molecule has 1 aromatic carbocycles. The van der Waals surface area contributed by atoms with Crippen molar-refractivity contribution in [1.82, 2.24) is 5.32 Å². The molecule has 1 aromatic heterocycles. The van der Waals surface area contributed by atoms with Gasteiger partial charge in [0.15, 0.2) is 5.11 Å². The fourth-order valence-corrected chi connectivity index (χ4v) is 5.20. The zero-order chi connectivity index (χ0) is 19.4. The standard InChI is InChI=1S/C21H30N4S2/c1-15-7-5-8-18(16(15)2)23-21(26)22-17(3)20(19-9-6-14-27-19)25-12-10-24(4)11-13-25/h5-9,14,17,20H,10-13H2,1-4H3,(H2,22,23,26)/p+2/t17-,20-/m0/s1. The van der Waals surface area contributed by atoms with Crippen LogP contribution in [0.2, 0.25) is 0 Å². The molecule has 4 N–H and O–H groups in total. The molecule has 27 heavy (non-hydrogen) atoms. The molecule has 0 saturated carbocycles. The topological polar surface area (TPSA) is 32.9 Å². The Morgan fingerprint density at radius 2 is 1.85 bits per heavy atom. The van der Waals surface area contributed by atoms with Gasteiger partial charge in [-0.25, -0.2) is 0 Å². The molecule has 2 heterocycles. The SMILES string of the molecule is Cc1cccc(NC(=S)N[C@@H](C)[C@@H](c2cccs2)[NH+]2CC[NH+](C)CC2)c1C. The van der Waals surface area contributed by atoms with Crippen molar-refractivity contribution in [2.24, 2.45) is 0 Å². The summed E-state index contributed by atoms with van der Waals surface area (Å²) in [6.07, 6.45) is 0. The molecule has 1 fully saturated rings. The average Bonchev–Trinajstić information content (AvgIpc) is 3.15. The molecule has 0 radical (unpaired) electrons. The normalized spacial score (nSPS) is 22.1. The Balaban J connectivity index is 1.69. The monoisotopic (exact) mass is 404 g/mol. The van der Waals surface area contributed by atoms with Crippen LogP contribution in [0, 0.1) is 13.8 Å². The molecule has 1 aliphatic rings. The molecule has 0 spiro atoms. The summed E-state index contributed by atoms with van der Waals surface area (Å²) in [5.74, 6) is 0. The summed E-state index contributed by atoms with van der Waals surface area (Å²) in [7, 11) is 2.29. The van der Waals surface area contributed by atoms with Crippen LogP contribution < -0.4 is 20.4 Å². The summed E-state index contributed by atoms with van der Waals surface area (Å²) in [6, 6.07) is 11.4. The van der Waals surface area contributed by atoms with E-state index in [2.05, 4.69) is 74.2 Å². The van der Waals surface area contributed by atoms with E-state index >= 15 is 0 Å². The number of hydrogen-bond donors (Lipinski definition) is 4. The minimum atomic E-state index is 0.266. The van der Waals surface area contributed by atoms with E-state index in [0.717, 1.165) is 5.69 Å². The van der Waals surface area contributed by atoms with Crippen molar-refractivity contribution in [3.8, 4) is 0 Å². The molecule has 3 rings (SSSR count). The lowest BCUT2D eigenvalue weighted by Crippen LogP contribution is -3.27. The number of anilines is 1. The Morgan fingerprint density at radius 1 is 1.11 bits per heavy atom. The summed E-state index contributed by atoms with van der Waals surface area (Å²) in [5, 5.41) is 9.86. The van der Waals surface area contributed by atoms with E-state index in [0.29, 0.717) is 11.2 Å². The molecule has 0 aliphatic carbocycles. The Kier molecular flexibility index (Phi) is 6.87. The summed E-state index contributed by atoms with van der Waals surface area (Å²) >= 11 is 7.51. The minimum absolute atomic E-state index is 0.266. The van der Waals surface area contributed by atoms with E-state index in [1.165, 1.54) is 42.2 Å². The third-order valence-corrected chi connectivity index (χ3v) is 6.92. The first kappa shape index (κ1) is 20.3. The van der Waals surface area contributed by atoms with Gasteiger partial charge in [-0.2, -0.15) is 0 Å². The molecule has 2 aromatic rings. The second-order valence-corrected chi connectivity index (χ2v) is 9.13. The summed E-state index contributed by atoms with van der Waals surface area (Å²) in [6.45, 7) is 11.4. The van der Waals surface area contributed by atoms with Crippen LogP contribution in [0.5, 0.6) is 0 Å². The Bertz CT molecular complexity index is 752. The first-order chi connectivity index (χ1) is 13.0. The van der Waals surface area contributed by atoms with E-state index in [9.17, 15) is 0 Å². The molecule has 0 amide bonds. The molecule has 1 saturated heterocycles. The maximum atomic E-state index is 5.65. The van der Waals surface area contributed by atoms with Crippen LogP contribution in [0.4, 0.5) is 5.69 Å². The van der Waals surface area contributed by atoms with Crippen LogP contribution in [0.25, 0.3) is 0 Å². The molecule has 4 nitrogen and oxygen atoms in total. The van der Waals surface area contributed by atoms with Gasteiger partial charge in [0.25, 0.3) is 0 Å². The van der Waals surface area contributed by atoms with E-state index in [1.807, 2.05) is 11.3 Å². The van der Waals surface area contributed by atoms with Gasteiger partial charge in [0.2, 0.25) is 0 Å². The van der Waals surface area contributed by atoms with Crippen LogP contribution in [0.1, 0.15) is 29.0 Å². The van der Waals surface area contributed by atoms with Crippen molar-refractivity contribution < 1.29 is 9.80 Å². The molecule has 146 valence electrons. The second-order valence-electron chi connectivity index (χ2n) is 7.74. The predicted octanol–water partition coefficient (Wildman–Crippen LogP) is 1.19. The maximum absolute atomic E-state index is 5.65. The van der Waals surface area contributed by atoms with Crippen molar-refractivity contribution in [3.05, 3.63) is 51.7 Å². The van der Waals surface area contributed by atoms with Crippen LogP contribution in [-0.2, 0) is 0 Å². The molecule has 0 bridgehead atoms. The molecule has 2 atom stereocenters. The summed E-state index contributed by atoms with van der Waals surface area (Å²) < 4.78 is 0. The van der Waals surface area contributed by atoms with Gasteiger partial charge in [0, 0.05) is 5.69 Å². The number of thiophene rings is 1. The highest BCUT2D eigenvalue weighted by Gasteiger charge is 2.34. The lowest BCUT2D eigenvalue weighted by molar-refractivity contribution is -1.02. The summed E-state index contributed by atoms with van der Waals surface area (Å²) in [5.41, 5.74) is 3.61. The number of aryl methyl sites for hydroxylation is 1. The third-order valence-electron chi connectivity index (χ3n) is 5.75. The number of likely N-dealkylation sites (N-methyl/N-ethyl adjacent to an activating group) is 1. The molecular formula is C21H32N4S2+2. The molecule has 1 aliphatic heterocycles. The molecular weight excluding hydrogens is 372 g/mol. The van der Waals surface area contributed by atoms with Crippen LogP contribution in [-0.4, -0.2) is 44.4 Å². The Labute approximate surface area is 172 Å². The zero-order valence-electron chi connectivity index (χ0n) is 16.8. The smallest absolute Gasteiger partial charge is 0.171 e. The highest BCUT2D eigenvalue weighted by molar-refractivity contribution is 7.80. The lowest BCUT2D eigenvalue weighted by Gasteiger charge is -2.36. The van der Waals surface area contributed by atoms with Crippen molar-refractivity contribution in [2.45, 2.75) is 32.9 Å². The summed E-state index contributed by atoms with van der Waals surface area (Å²) in [4.78, 5) is 4.74. The average molecular weight is 405 g/mol. The quantitative estimate of drug-likeness (QED) is 0.565. The van der Waals surface area contributed by atoms with E-state index in [1.54, 1.807) is 9.80 Å². The lowest BCUT2D eigenvalue weighted by atomic mass is 10.1. The fourth-order valence-electron chi connectivity index (χ4n) is 3.91. The fraction of sp³-hybridized carbons (Fsp3) is 0.476. The van der Waals surface area contributed by atoms with Gasteiger partial charge < -0.3 is 20.4 Å². The van der Waals surface area contributed by atoms with Crippen LogP contribution in [0.15, 0.2) is 35.7 Å². The van der Waals surface area contributed by atoms with E-state index in [4.69, 9.17) is 12.2 Å². The van der Waals surface area contributed by atoms with E-state index < -0.39 is 0 Å². The van der Waals surface area contributed by atoms with Gasteiger partial charge in [0.1, 0.15) is 32.2 Å². The number of hydrogen-bond acceptors (Lipinski definition) is 2. The van der Waals surface area contributed by atoms with Crippen LogP contribution in [0.3, 0.4) is 0 Å². The number of rotatable bonds is 5. The first-order valence-electron chi connectivity index (χ1n) is 9.78. The predicted molar refractivity (Wildman–Crippen MR) is 119 cm³/mol. The molecule has 6 heteroatoms. The van der Waals surface area contributed by atoms with Gasteiger partial charge in [-0.1, -0.05) is 18.2 Å². The Hall–Kier alpha value is -1.47. The Morgan fingerprint density at radius 3 is 2.52 bits per heavy atom. The minimum Gasteiger partial charge on any atom is -0.354 e. The van der Waals surface area contributed by atoms with Crippen LogP contribution >= 0.6 is 23.6 Å². The number of nitrogens with one attached hydrogen (secondary N) is 4. The van der Waals surface area contributed by atoms with Crippen molar-refractivity contribution in [3.63, 3.8) is 0 Å². The van der Waals surface area contributed by atoms with Crippen molar-refractivity contribution >= 4 is 34.4 Å². The third kappa shape index (κ3) is 5.08. The number of piperazine rings is 1. The highest BCUT2D eigenvalue weighted by atomic mass is 32.1. The van der Waals surface area contributed by atoms with Gasteiger partial charge in [0.05, 0.1) is 18.0 Å². The maximum Gasteiger partial charge on any atom is 0.171 e. The van der Waals surface area contributed by atoms with Gasteiger partial charge in [-0.15, -0.1) is 11.3 Å².